The second-order valence-corrected chi connectivity index (χ2v) is 9.61. The molecule has 0 amide bonds. The molecule has 7 heteroatoms. The molecule has 2 aliphatic heterocycles. The van der Waals surface area contributed by atoms with E-state index in [2.05, 4.69) is 73.0 Å². The van der Waals surface area contributed by atoms with Crippen LogP contribution in [0.5, 0.6) is 0 Å². The zero-order valence-corrected chi connectivity index (χ0v) is 19.5. The van der Waals surface area contributed by atoms with E-state index in [1.165, 1.54) is 18.5 Å². The lowest BCUT2D eigenvalue weighted by Gasteiger charge is -2.06. The Morgan fingerprint density at radius 1 is 0.743 bits per heavy atom. The summed E-state index contributed by atoms with van der Waals surface area (Å²) in [5, 5.41) is 8.10. The number of nitrogens with zero attached hydrogens (tertiary/aromatic N) is 2. The Morgan fingerprint density at radius 2 is 1.51 bits per heavy atom. The highest BCUT2D eigenvalue weighted by Gasteiger charge is 2.20. The summed E-state index contributed by atoms with van der Waals surface area (Å²) >= 11 is 0. The van der Waals surface area contributed by atoms with Gasteiger partial charge < -0.3 is 25.0 Å². The lowest BCUT2D eigenvalue weighted by atomic mass is 10.1. The van der Waals surface area contributed by atoms with E-state index in [0.717, 1.165) is 76.7 Å². The average molecular weight is 465 g/mol. The monoisotopic (exact) mass is 464 g/mol. The Kier molecular flexibility index (Phi) is 5.03. The van der Waals surface area contributed by atoms with Crippen molar-refractivity contribution in [3.63, 3.8) is 0 Å². The highest BCUT2D eigenvalue weighted by molar-refractivity contribution is 5.87. The Bertz CT molecular complexity index is 1460. The van der Waals surface area contributed by atoms with E-state index in [0.29, 0.717) is 12.1 Å². The number of rotatable bonds is 5. The van der Waals surface area contributed by atoms with E-state index in [9.17, 15) is 0 Å². The smallest absolute Gasteiger partial charge is 0.137 e. The largest absolute Gasteiger partial charge is 0.456 e. The quantitative estimate of drug-likeness (QED) is 0.267. The standard InChI is InChI=1S/C28H28N6O/c1-3-21(29-11-1)24-16-31-27(34-24)18-7-5-17(6-8-18)26-14-20-13-19(9-10-25(20)35-26)23-15-32-28(33-23)22-4-2-12-30-22/h5-10,13-16,21-22,29-30H,1-4,11-12H2,(H,31,34)(H,32,33). The van der Waals surface area contributed by atoms with Crippen molar-refractivity contribution in [2.75, 3.05) is 13.1 Å². The van der Waals surface area contributed by atoms with Crippen LogP contribution in [0.1, 0.15) is 49.3 Å². The molecule has 2 aromatic carbocycles. The lowest BCUT2D eigenvalue weighted by Crippen LogP contribution is -2.14. The topological polar surface area (TPSA) is 94.6 Å². The van der Waals surface area contributed by atoms with Gasteiger partial charge in [0.05, 0.1) is 29.8 Å². The molecule has 35 heavy (non-hydrogen) atoms. The summed E-state index contributed by atoms with van der Waals surface area (Å²) in [5.74, 6) is 2.79. The summed E-state index contributed by atoms with van der Waals surface area (Å²) in [7, 11) is 0. The highest BCUT2D eigenvalue weighted by Crippen LogP contribution is 2.33. The molecule has 0 saturated carbocycles. The van der Waals surface area contributed by atoms with Crippen molar-refractivity contribution in [3.8, 4) is 34.0 Å². The van der Waals surface area contributed by atoms with Gasteiger partial charge in [-0.2, -0.15) is 0 Å². The van der Waals surface area contributed by atoms with Crippen LogP contribution in [-0.2, 0) is 0 Å². The molecule has 7 nitrogen and oxygen atoms in total. The van der Waals surface area contributed by atoms with Crippen molar-refractivity contribution < 1.29 is 4.42 Å². The van der Waals surface area contributed by atoms with Gasteiger partial charge in [-0.05, 0) is 63.0 Å². The van der Waals surface area contributed by atoms with Crippen LogP contribution in [-0.4, -0.2) is 33.0 Å². The minimum absolute atomic E-state index is 0.336. The predicted molar refractivity (Wildman–Crippen MR) is 137 cm³/mol. The normalized spacial score (nSPS) is 20.2. The van der Waals surface area contributed by atoms with Crippen molar-refractivity contribution in [2.45, 2.75) is 37.8 Å². The molecule has 5 aromatic rings. The molecule has 2 fully saturated rings. The number of aromatic amines is 2. The van der Waals surface area contributed by atoms with E-state index >= 15 is 0 Å². The molecule has 5 heterocycles. The fourth-order valence-electron chi connectivity index (χ4n) is 5.33. The molecule has 7 rings (SSSR count). The van der Waals surface area contributed by atoms with Gasteiger partial charge in [0.1, 0.15) is 23.0 Å². The zero-order chi connectivity index (χ0) is 23.2. The highest BCUT2D eigenvalue weighted by atomic mass is 16.3. The minimum atomic E-state index is 0.336. The number of fused-ring (bicyclic) bond motifs is 1. The SMILES string of the molecule is c1cc2oc(-c3ccc(-c4ncc(C5CCCN5)[nH]4)cc3)cc2cc1-c1cnc(C2CCCN2)[nH]1. The Labute approximate surface area is 203 Å². The molecular weight excluding hydrogens is 436 g/mol. The Hall–Kier alpha value is -3.68. The van der Waals surface area contributed by atoms with Gasteiger partial charge in [0.15, 0.2) is 0 Å². The molecule has 2 unspecified atom stereocenters. The van der Waals surface area contributed by atoms with Crippen molar-refractivity contribution >= 4 is 11.0 Å². The van der Waals surface area contributed by atoms with E-state index in [4.69, 9.17) is 4.42 Å². The number of imidazole rings is 2. The first kappa shape index (κ1) is 20.7. The van der Waals surface area contributed by atoms with E-state index in [1.54, 1.807) is 0 Å². The molecule has 176 valence electrons. The van der Waals surface area contributed by atoms with Crippen LogP contribution >= 0.6 is 0 Å². The summed E-state index contributed by atoms with van der Waals surface area (Å²) in [6.07, 6.45) is 8.59. The number of nitrogens with one attached hydrogen (secondary N) is 4. The van der Waals surface area contributed by atoms with Gasteiger partial charge in [-0.1, -0.05) is 24.3 Å². The molecule has 2 atom stereocenters. The molecule has 4 N–H and O–H groups in total. The first-order chi connectivity index (χ1) is 17.3. The summed E-state index contributed by atoms with van der Waals surface area (Å²) in [4.78, 5) is 16.2. The molecule has 0 spiro atoms. The van der Waals surface area contributed by atoms with Gasteiger partial charge in [0.2, 0.25) is 0 Å². The number of benzene rings is 2. The molecular formula is C28H28N6O. The summed E-state index contributed by atoms with van der Waals surface area (Å²) in [5.41, 5.74) is 6.31. The van der Waals surface area contributed by atoms with E-state index in [-0.39, 0.29) is 0 Å². The minimum Gasteiger partial charge on any atom is -0.456 e. The molecule has 3 aromatic heterocycles. The van der Waals surface area contributed by atoms with Crippen LogP contribution in [0.4, 0.5) is 0 Å². The number of hydrogen-bond acceptors (Lipinski definition) is 5. The van der Waals surface area contributed by atoms with Crippen molar-refractivity contribution in [1.82, 2.24) is 30.6 Å². The maximum absolute atomic E-state index is 6.18. The molecule has 2 saturated heterocycles. The first-order valence-electron chi connectivity index (χ1n) is 12.5. The van der Waals surface area contributed by atoms with Crippen LogP contribution in [0.25, 0.3) is 44.9 Å². The van der Waals surface area contributed by atoms with Crippen LogP contribution in [0.3, 0.4) is 0 Å². The Morgan fingerprint density at radius 3 is 2.31 bits per heavy atom. The second kappa shape index (κ2) is 8.52. The van der Waals surface area contributed by atoms with Gasteiger partial charge in [0.25, 0.3) is 0 Å². The fourth-order valence-corrected chi connectivity index (χ4v) is 5.33. The number of aromatic nitrogens is 4. The third-order valence-electron chi connectivity index (χ3n) is 7.29. The summed E-state index contributed by atoms with van der Waals surface area (Å²) in [6, 6.07) is 17.5. The zero-order valence-electron chi connectivity index (χ0n) is 19.5. The summed E-state index contributed by atoms with van der Waals surface area (Å²) < 4.78 is 6.18. The maximum Gasteiger partial charge on any atom is 0.137 e. The van der Waals surface area contributed by atoms with Gasteiger partial charge in [-0.15, -0.1) is 0 Å². The maximum atomic E-state index is 6.18. The lowest BCUT2D eigenvalue weighted by molar-refractivity contribution is 0.613. The van der Waals surface area contributed by atoms with Crippen molar-refractivity contribution in [2.24, 2.45) is 0 Å². The van der Waals surface area contributed by atoms with E-state index < -0.39 is 0 Å². The number of H-pyrrole nitrogens is 2. The van der Waals surface area contributed by atoms with E-state index in [1.807, 2.05) is 18.5 Å². The van der Waals surface area contributed by atoms with Gasteiger partial charge in [-0.25, -0.2) is 9.97 Å². The number of furan rings is 1. The predicted octanol–water partition coefficient (Wildman–Crippen LogP) is 5.73. The van der Waals surface area contributed by atoms with Crippen molar-refractivity contribution in [1.29, 1.82) is 0 Å². The second-order valence-electron chi connectivity index (χ2n) is 9.61. The van der Waals surface area contributed by atoms with Crippen LogP contribution < -0.4 is 10.6 Å². The third kappa shape index (κ3) is 3.87. The van der Waals surface area contributed by atoms with Gasteiger partial charge in [0, 0.05) is 28.1 Å². The fraction of sp³-hybridized carbons (Fsp3) is 0.286. The Balaban J connectivity index is 1.12. The average Bonchev–Trinajstić information content (AvgIpc) is 3.73. The molecule has 0 radical (unpaired) electrons. The number of hydrogen-bond donors (Lipinski definition) is 4. The molecule has 2 aliphatic rings. The van der Waals surface area contributed by atoms with Crippen LogP contribution in [0.2, 0.25) is 0 Å². The van der Waals surface area contributed by atoms with Gasteiger partial charge >= 0.3 is 0 Å². The summed E-state index contributed by atoms with van der Waals surface area (Å²) in [6.45, 7) is 2.14. The van der Waals surface area contributed by atoms with Crippen LogP contribution in [0.15, 0.2) is 65.3 Å². The van der Waals surface area contributed by atoms with Crippen molar-refractivity contribution in [3.05, 3.63) is 72.4 Å². The molecule has 0 bridgehead atoms. The first-order valence-corrected chi connectivity index (χ1v) is 12.5. The molecule has 0 aliphatic carbocycles. The third-order valence-corrected chi connectivity index (χ3v) is 7.29. The van der Waals surface area contributed by atoms with Gasteiger partial charge in [-0.3, -0.25) is 0 Å². The van der Waals surface area contributed by atoms with Crippen LogP contribution in [0, 0.1) is 0 Å².